The second-order valence-corrected chi connectivity index (χ2v) is 4.12. The van der Waals surface area contributed by atoms with E-state index in [1.165, 1.54) is 11.3 Å². The predicted molar refractivity (Wildman–Crippen MR) is 62.1 cm³/mol. The maximum Gasteiger partial charge on any atom is 0.326 e. The number of carboxylic acids is 1. The van der Waals surface area contributed by atoms with Crippen LogP contribution in [0.1, 0.15) is 11.7 Å². The Morgan fingerprint density at radius 1 is 1.38 bits per heavy atom. The molecular formula is C11H10N2O2S. The molecule has 0 saturated carbocycles. The van der Waals surface area contributed by atoms with Crippen LogP contribution < -0.4 is 5.73 Å². The maximum atomic E-state index is 10.7. The molecule has 0 aliphatic heterocycles. The number of nitrogens with two attached hydrogens (primary N) is 1. The number of benzene rings is 1. The standard InChI is InChI=1S/C11H10N2O2S/c12-9(11(14)15)8-6-16-10(13-8)7-4-2-1-3-5-7/h1-6,9H,12H2,(H,14,15). The molecule has 0 fully saturated rings. The number of carbonyl (C=O) groups is 1. The van der Waals surface area contributed by atoms with Gasteiger partial charge in [-0.1, -0.05) is 30.3 Å². The summed E-state index contributed by atoms with van der Waals surface area (Å²) in [6.45, 7) is 0. The third kappa shape index (κ3) is 2.10. The van der Waals surface area contributed by atoms with Gasteiger partial charge in [-0.3, -0.25) is 4.79 Å². The average molecular weight is 234 g/mol. The summed E-state index contributed by atoms with van der Waals surface area (Å²) in [5.74, 6) is -1.06. The van der Waals surface area contributed by atoms with Crippen LogP contribution in [0.5, 0.6) is 0 Å². The lowest BCUT2D eigenvalue weighted by Gasteiger charge is -2.00. The summed E-state index contributed by atoms with van der Waals surface area (Å²) in [7, 11) is 0. The van der Waals surface area contributed by atoms with E-state index in [1.54, 1.807) is 5.38 Å². The molecule has 82 valence electrons. The summed E-state index contributed by atoms with van der Waals surface area (Å²) in [4.78, 5) is 14.9. The van der Waals surface area contributed by atoms with Gasteiger partial charge in [-0.05, 0) is 0 Å². The van der Waals surface area contributed by atoms with Crippen LogP contribution in [0, 0.1) is 0 Å². The van der Waals surface area contributed by atoms with E-state index < -0.39 is 12.0 Å². The molecule has 0 saturated heterocycles. The van der Waals surface area contributed by atoms with Crippen molar-refractivity contribution in [1.29, 1.82) is 0 Å². The van der Waals surface area contributed by atoms with Crippen LogP contribution in [0.15, 0.2) is 35.7 Å². The molecule has 0 aliphatic rings. The van der Waals surface area contributed by atoms with Gasteiger partial charge in [0, 0.05) is 10.9 Å². The maximum absolute atomic E-state index is 10.7. The molecule has 2 rings (SSSR count). The van der Waals surface area contributed by atoms with Crippen molar-refractivity contribution in [2.45, 2.75) is 6.04 Å². The molecule has 5 heteroatoms. The Morgan fingerprint density at radius 3 is 2.69 bits per heavy atom. The molecule has 1 unspecified atom stereocenters. The lowest BCUT2D eigenvalue weighted by Crippen LogP contribution is -2.20. The van der Waals surface area contributed by atoms with Crippen molar-refractivity contribution >= 4 is 17.3 Å². The fourth-order valence-corrected chi connectivity index (χ4v) is 2.13. The molecule has 2 aromatic rings. The van der Waals surface area contributed by atoms with Gasteiger partial charge in [0.2, 0.25) is 0 Å². The highest BCUT2D eigenvalue weighted by Gasteiger charge is 2.17. The summed E-state index contributed by atoms with van der Waals surface area (Å²) in [5, 5.41) is 11.2. The van der Waals surface area contributed by atoms with E-state index in [0.29, 0.717) is 5.69 Å². The van der Waals surface area contributed by atoms with E-state index in [4.69, 9.17) is 10.8 Å². The van der Waals surface area contributed by atoms with Crippen molar-refractivity contribution in [1.82, 2.24) is 4.98 Å². The number of rotatable bonds is 3. The van der Waals surface area contributed by atoms with E-state index in [0.717, 1.165) is 10.6 Å². The molecule has 1 atom stereocenters. The van der Waals surface area contributed by atoms with E-state index in [2.05, 4.69) is 4.98 Å². The topological polar surface area (TPSA) is 76.2 Å². The first kappa shape index (κ1) is 10.8. The van der Waals surface area contributed by atoms with Gasteiger partial charge in [0.05, 0.1) is 5.69 Å². The largest absolute Gasteiger partial charge is 0.480 e. The van der Waals surface area contributed by atoms with E-state index in [-0.39, 0.29) is 0 Å². The molecular weight excluding hydrogens is 224 g/mol. The van der Waals surface area contributed by atoms with Crippen molar-refractivity contribution in [3.05, 3.63) is 41.4 Å². The quantitative estimate of drug-likeness (QED) is 0.850. The SMILES string of the molecule is NC(C(=O)O)c1csc(-c2ccccc2)n1. The van der Waals surface area contributed by atoms with E-state index >= 15 is 0 Å². The molecule has 1 aromatic carbocycles. The summed E-state index contributed by atoms with van der Waals surface area (Å²) in [6, 6.07) is 8.54. The number of carboxylic acid groups (broad SMARTS) is 1. The van der Waals surface area contributed by atoms with E-state index in [1.807, 2.05) is 30.3 Å². The molecule has 1 aromatic heterocycles. The van der Waals surface area contributed by atoms with Crippen LogP contribution in [0.3, 0.4) is 0 Å². The Morgan fingerprint density at radius 2 is 2.06 bits per heavy atom. The molecule has 3 N–H and O–H groups in total. The molecule has 16 heavy (non-hydrogen) atoms. The fourth-order valence-electron chi connectivity index (χ4n) is 1.27. The first-order valence-corrected chi connectivity index (χ1v) is 5.55. The molecule has 1 heterocycles. The highest BCUT2D eigenvalue weighted by molar-refractivity contribution is 7.13. The van der Waals surface area contributed by atoms with Crippen LogP contribution in [0.25, 0.3) is 10.6 Å². The zero-order chi connectivity index (χ0) is 11.5. The minimum atomic E-state index is -1.06. The number of hydrogen-bond donors (Lipinski definition) is 2. The Labute approximate surface area is 96.4 Å². The average Bonchev–Trinajstić information content (AvgIpc) is 2.78. The van der Waals surface area contributed by atoms with Gasteiger partial charge >= 0.3 is 5.97 Å². The second-order valence-electron chi connectivity index (χ2n) is 3.26. The summed E-state index contributed by atoms with van der Waals surface area (Å²) in [5.41, 5.74) is 6.84. The Hall–Kier alpha value is -1.72. The Kier molecular flexibility index (Phi) is 2.98. The summed E-state index contributed by atoms with van der Waals surface area (Å²) < 4.78 is 0. The van der Waals surface area contributed by atoms with Crippen LogP contribution in [-0.4, -0.2) is 16.1 Å². The highest BCUT2D eigenvalue weighted by Crippen LogP contribution is 2.25. The molecule has 0 spiro atoms. The molecule has 0 radical (unpaired) electrons. The zero-order valence-electron chi connectivity index (χ0n) is 8.33. The first-order chi connectivity index (χ1) is 7.68. The van der Waals surface area contributed by atoms with Crippen LogP contribution in [-0.2, 0) is 4.79 Å². The van der Waals surface area contributed by atoms with Crippen LogP contribution >= 0.6 is 11.3 Å². The van der Waals surface area contributed by atoms with Gasteiger partial charge in [0.1, 0.15) is 11.0 Å². The predicted octanol–water partition coefficient (Wildman–Crippen LogP) is 1.89. The molecule has 0 amide bonds. The Balaban J connectivity index is 2.30. The third-order valence-corrected chi connectivity index (χ3v) is 3.04. The monoisotopic (exact) mass is 234 g/mol. The van der Waals surface area contributed by atoms with Crippen molar-refractivity contribution in [2.24, 2.45) is 5.73 Å². The lowest BCUT2D eigenvalue weighted by atomic mass is 10.2. The number of aromatic nitrogens is 1. The lowest BCUT2D eigenvalue weighted by molar-refractivity contribution is -0.138. The molecule has 4 nitrogen and oxygen atoms in total. The van der Waals surface area contributed by atoms with Crippen molar-refractivity contribution in [2.75, 3.05) is 0 Å². The molecule has 0 bridgehead atoms. The van der Waals surface area contributed by atoms with Gasteiger partial charge in [-0.2, -0.15) is 0 Å². The van der Waals surface area contributed by atoms with Gasteiger partial charge in [0.15, 0.2) is 0 Å². The van der Waals surface area contributed by atoms with Gasteiger partial charge in [-0.25, -0.2) is 4.98 Å². The van der Waals surface area contributed by atoms with Gasteiger partial charge < -0.3 is 10.8 Å². The van der Waals surface area contributed by atoms with Crippen LogP contribution in [0.2, 0.25) is 0 Å². The summed E-state index contributed by atoms with van der Waals surface area (Å²) >= 11 is 1.39. The minimum Gasteiger partial charge on any atom is -0.480 e. The minimum absolute atomic E-state index is 0.399. The second kappa shape index (κ2) is 4.42. The van der Waals surface area contributed by atoms with E-state index in [9.17, 15) is 4.79 Å². The number of aliphatic carboxylic acids is 1. The van der Waals surface area contributed by atoms with Crippen LogP contribution in [0.4, 0.5) is 0 Å². The van der Waals surface area contributed by atoms with Crippen molar-refractivity contribution < 1.29 is 9.90 Å². The van der Waals surface area contributed by atoms with Crippen molar-refractivity contribution in [3.63, 3.8) is 0 Å². The van der Waals surface area contributed by atoms with Gasteiger partial charge in [0.25, 0.3) is 0 Å². The summed E-state index contributed by atoms with van der Waals surface area (Å²) in [6.07, 6.45) is 0. The number of hydrogen-bond acceptors (Lipinski definition) is 4. The highest BCUT2D eigenvalue weighted by atomic mass is 32.1. The normalized spacial score (nSPS) is 12.3. The molecule has 0 aliphatic carbocycles. The van der Waals surface area contributed by atoms with Crippen molar-refractivity contribution in [3.8, 4) is 10.6 Å². The first-order valence-electron chi connectivity index (χ1n) is 4.67. The number of thiazole rings is 1. The smallest absolute Gasteiger partial charge is 0.326 e. The third-order valence-electron chi connectivity index (χ3n) is 2.13. The van der Waals surface area contributed by atoms with Gasteiger partial charge in [-0.15, -0.1) is 11.3 Å². The fraction of sp³-hybridized carbons (Fsp3) is 0.0909. The Bertz CT molecular complexity index is 496. The number of nitrogens with zero attached hydrogens (tertiary/aromatic N) is 1. The zero-order valence-corrected chi connectivity index (χ0v) is 9.15.